The molecule has 1 N–H and O–H groups in total. The van der Waals surface area contributed by atoms with Crippen LogP contribution in [0.5, 0.6) is 0 Å². The van der Waals surface area contributed by atoms with Gasteiger partial charge in [0.1, 0.15) is 0 Å². The van der Waals surface area contributed by atoms with Gasteiger partial charge in [0.05, 0.1) is 21.6 Å². The third-order valence-electron chi connectivity index (χ3n) is 2.82. The molecule has 0 amide bonds. The summed E-state index contributed by atoms with van der Waals surface area (Å²) in [7, 11) is -2.98. The molecule has 3 nitrogen and oxygen atoms in total. The molecule has 1 aromatic carbocycles. The van der Waals surface area contributed by atoms with E-state index in [-0.39, 0.29) is 27.6 Å². The van der Waals surface area contributed by atoms with E-state index in [0.29, 0.717) is 12.1 Å². The van der Waals surface area contributed by atoms with E-state index in [1.807, 2.05) is 0 Å². The highest BCUT2D eigenvalue weighted by Crippen LogP contribution is 2.28. The Morgan fingerprint density at radius 1 is 1.28 bits per heavy atom. The first-order valence-electron chi connectivity index (χ1n) is 5.49. The normalized spacial score (nSPS) is 22.7. The fourth-order valence-electron chi connectivity index (χ4n) is 2.01. The Labute approximate surface area is 115 Å². The molecular weight excluding hydrogens is 300 g/mol. The Bertz CT molecular complexity index is 539. The third kappa shape index (κ3) is 3.28. The van der Waals surface area contributed by atoms with Crippen LogP contribution >= 0.6 is 23.2 Å². The van der Waals surface area contributed by atoms with Crippen molar-refractivity contribution in [2.45, 2.75) is 18.9 Å². The SMILES string of the molecule is O=S1(=O)CCCC(Nc2cc(Cl)c(F)c(Cl)c2)C1. The van der Waals surface area contributed by atoms with Gasteiger partial charge in [-0.05, 0) is 25.0 Å². The lowest BCUT2D eigenvalue weighted by molar-refractivity contribution is 0.562. The molecule has 1 aliphatic rings. The minimum Gasteiger partial charge on any atom is -0.381 e. The Morgan fingerprint density at radius 3 is 2.44 bits per heavy atom. The van der Waals surface area contributed by atoms with Crippen LogP contribution in [0, 0.1) is 5.82 Å². The quantitative estimate of drug-likeness (QED) is 0.854. The fourth-order valence-corrected chi connectivity index (χ4v) is 4.13. The predicted molar refractivity (Wildman–Crippen MR) is 71.7 cm³/mol. The minimum atomic E-state index is -2.98. The van der Waals surface area contributed by atoms with Crippen molar-refractivity contribution in [3.05, 3.63) is 28.0 Å². The Kier molecular flexibility index (Phi) is 4.04. The molecular formula is C11H12Cl2FNO2S. The zero-order valence-electron chi connectivity index (χ0n) is 9.42. The van der Waals surface area contributed by atoms with Crippen molar-refractivity contribution in [3.8, 4) is 0 Å². The average molecular weight is 312 g/mol. The zero-order chi connectivity index (χ0) is 13.3. The smallest absolute Gasteiger partial charge is 0.160 e. The Morgan fingerprint density at radius 2 is 1.89 bits per heavy atom. The highest BCUT2D eigenvalue weighted by molar-refractivity contribution is 7.91. The second-order valence-corrected chi connectivity index (χ2v) is 7.39. The molecule has 0 saturated carbocycles. The van der Waals surface area contributed by atoms with Crippen molar-refractivity contribution < 1.29 is 12.8 Å². The van der Waals surface area contributed by atoms with Crippen molar-refractivity contribution in [1.29, 1.82) is 0 Å². The van der Waals surface area contributed by atoms with E-state index in [1.54, 1.807) is 0 Å². The predicted octanol–water partition coefficient (Wildman–Crippen LogP) is 3.12. The van der Waals surface area contributed by atoms with Crippen LogP contribution in [-0.4, -0.2) is 26.0 Å². The molecule has 1 unspecified atom stereocenters. The van der Waals surface area contributed by atoms with Crippen LogP contribution < -0.4 is 5.32 Å². The summed E-state index contributed by atoms with van der Waals surface area (Å²) >= 11 is 11.4. The monoisotopic (exact) mass is 311 g/mol. The summed E-state index contributed by atoms with van der Waals surface area (Å²) in [4.78, 5) is 0. The van der Waals surface area contributed by atoms with E-state index in [4.69, 9.17) is 23.2 Å². The van der Waals surface area contributed by atoms with Crippen LogP contribution in [0.25, 0.3) is 0 Å². The third-order valence-corrected chi connectivity index (χ3v) is 5.19. The molecule has 1 atom stereocenters. The maximum absolute atomic E-state index is 13.2. The lowest BCUT2D eigenvalue weighted by atomic mass is 10.1. The number of hydrogen-bond donors (Lipinski definition) is 1. The molecule has 1 aromatic rings. The van der Waals surface area contributed by atoms with Gasteiger partial charge in [0, 0.05) is 11.7 Å². The standard InChI is InChI=1S/C11H12Cl2FNO2S/c12-9-4-8(5-10(13)11(9)14)15-7-2-1-3-18(16,17)6-7/h4-5,7,15H,1-3,6H2. The Balaban J connectivity index is 2.15. The molecule has 7 heteroatoms. The van der Waals surface area contributed by atoms with Gasteiger partial charge in [0.2, 0.25) is 0 Å². The van der Waals surface area contributed by atoms with Crippen LogP contribution in [0.1, 0.15) is 12.8 Å². The molecule has 1 fully saturated rings. The maximum Gasteiger partial charge on any atom is 0.160 e. The highest BCUT2D eigenvalue weighted by Gasteiger charge is 2.24. The van der Waals surface area contributed by atoms with Crippen LogP contribution in [-0.2, 0) is 9.84 Å². The number of sulfone groups is 1. The second-order valence-electron chi connectivity index (χ2n) is 4.35. The largest absolute Gasteiger partial charge is 0.381 e. The molecule has 0 aliphatic carbocycles. The summed E-state index contributed by atoms with van der Waals surface area (Å²) in [5.41, 5.74) is 0.536. The average Bonchev–Trinajstić information content (AvgIpc) is 2.24. The van der Waals surface area contributed by atoms with Crippen LogP contribution in [0.3, 0.4) is 0 Å². The number of hydrogen-bond acceptors (Lipinski definition) is 3. The van der Waals surface area contributed by atoms with E-state index in [0.717, 1.165) is 6.42 Å². The van der Waals surface area contributed by atoms with Crippen molar-refractivity contribution in [2.75, 3.05) is 16.8 Å². The summed E-state index contributed by atoms with van der Waals surface area (Å²) in [5.74, 6) is -0.351. The number of rotatable bonds is 2. The van der Waals surface area contributed by atoms with E-state index in [2.05, 4.69) is 5.32 Å². The first kappa shape index (κ1) is 13.9. The molecule has 1 heterocycles. The zero-order valence-corrected chi connectivity index (χ0v) is 11.7. The summed E-state index contributed by atoms with van der Waals surface area (Å²) in [6.45, 7) is 0. The van der Waals surface area contributed by atoms with Crippen LogP contribution in [0.15, 0.2) is 12.1 Å². The van der Waals surface area contributed by atoms with Gasteiger partial charge < -0.3 is 5.32 Å². The molecule has 0 bridgehead atoms. The summed E-state index contributed by atoms with van der Waals surface area (Å²) in [6, 6.07) is 2.63. The molecule has 18 heavy (non-hydrogen) atoms. The lowest BCUT2D eigenvalue weighted by Crippen LogP contribution is -2.34. The molecule has 1 saturated heterocycles. The van der Waals surface area contributed by atoms with Crippen molar-refractivity contribution in [3.63, 3.8) is 0 Å². The van der Waals surface area contributed by atoms with Crippen LogP contribution in [0.4, 0.5) is 10.1 Å². The van der Waals surface area contributed by atoms with Gasteiger partial charge in [0.25, 0.3) is 0 Å². The summed E-state index contributed by atoms with van der Waals surface area (Å²) in [6.07, 6.45) is 1.38. The molecule has 0 aromatic heterocycles. The van der Waals surface area contributed by atoms with Crippen molar-refractivity contribution in [2.24, 2.45) is 0 Å². The highest BCUT2D eigenvalue weighted by atomic mass is 35.5. The second kappa shape index (κ2) is 5.23. The lowest BCUT2D eigenvalue weighted by Gasteiger charge is -2.24. The van der Waals surface area contributed by atoms with E-state index >= 15 is 0 Å². The molecule has 0 radical (unpaired) electrons. The maximum atomic E-state index is 13.2. The number of anilines is 1. The Hall–Kier alpha value is -0.520. The van der Waals surface area contributed by atoms with Gasteiger partial charge in [-0.3, -0.25) is 0 Å². The van der Waals surface area contributed by atoms with Gasteiger partial charge >= 0.3 is 0 Å². The molecule has 100 valence electrons. The molecule has 2 rings (SSSR count). The van der Waals surface area contributed by atoms with E-state index in [9.17, 15) is 12.8 Å². The van der Waals surface area contributed by atoms with Gasteiger partial charge in [-0.25, -0.2) is 12.8 Å². The van der Waals surface area contributed by atoms with Gasteiger partial charge in [-0.2, -0.15) is 0 Å². The van der Waals surface area contributed by atoms with Gasteiger partial charge in [-0.15, -0.1) is 0 Å². The summed E-state index contributed by atoms with van der Waals surface area (Å²) in [5, 5.41) is 2.87. The topological polar surface area (TPSA) is 46.2 Å². The van der Waals surface area contributed by atoms with Crippen LogP contribution in [0.2, 0.25) is 10.0 Å². The number of nitrogens with one attached hydrogen (secondary N) is 1. The number of benzene rings is 1. The van der Waals surface area contributed by atoms with E-state index < -0.39 is 15.7 Å². The fraction of sp³-hybridized carbons (Fsp3) is 0.455. The summed E-state index contributed by atoms with van der Waals surface area (Å²) < 4.78 is 36.2. The van der Waals surface area contributed by atoms with Gasteiger partial charge in [-0.1, -0.05) is 23.2 Å². The van der Waals surface area contributed by atoms with Crippen molar-refractivity contribution >= 4 is 38.7 Å². The van der Waals surface area contributed by atoms with E-state index in [1.165, 1.54) is 12.1 Å². The number of halogens is 3. The molecule has 0 spiro atoms. The van der Waals surface area contributed by atoms with Crippen molar-refractivity contribution in [1.82, 2.24) is 0 Å². The minimum absolute atomic E-state index is 0.0799. The van der Waals surface area contributed by atoms with Gasteiger partial charge in [0.15, 0.2) is 15.7 Å². The first-order chi connectivity index (χ1) is 8.37. The molecule has 1 aliphatic heterocycles. The first-order valence-corrected chi connectivity index (χ1v) is 8.06.